The van der Waals surface area contributed by atoms with Gasteiger partial charge in [0.15, 0.2) is 10.6 Å². The fraction of sp³-hybridized carbons (Fsp3) is 0.357. The van der Waals surface area contributed by atoms with Crippen LogP contribution in [0.15, 0.2) is 24.3 Å². The Hall–Kier alpha value is -1.95. The third kappa shape index (κ3) is 2.38. The van der Waals surface area contributed by atoms with E-state index in [4.69, 9.17) is 12.2 Å². The molecule has 5 nitrogen and oxygen atoms in total. The maximum atomic E-state index is 12.1. The summed E-state index contributed by atoms with van der Waals surface area (Å²) < 4.78 is 2.25. The van der Waals surface area contributed by atoms with E-state index in [9.17, 15) is 4.79 Å². The van der Waals surface area contributed by atoms with Crippen LogP contribution in [0.2, 0.25) is 0 Å². The first-order valence-electron chi connectivity index (χ1n) is 6.65. The van der Waals surface area contributed by atoms with Crippen LogP contribution in [-0.2, 0) is 11.3 Å². The maximum Gasteiger partial charge on any atom is 0.242 e. The molecule has 1 aliphatic rings. The lowest BCUT2D eigenvalue weighted by Gasteiger charge is -2.31. The predicted molar refractivity (Wildman–Crippen MR) is 78.8 cm³/mol. The van der Waals surface area contributed by atoms with Crippen LogP contribution in [0, 0.1) is 11.7 Å². The van der Waals surface area contributed by atoms with Crippen molar-refractivity contribution in [2.24, 2.45) is 0 Å². The number of aryl methyl sites for hydroxylation is 1. The van der Waals surface area contributed by atoms with Crippen molar-refractivity contribution in [3.8, 4) is 11.4 Å². The number of nitrogens with zero attached hydrogens (tertiary/aromatic N) is 3. The van der Waals surface area contributed by atoms with Gasteiger partial charge in [0.25, 0.3) is 0 Å². The van der Waals surface area contributed by atoms with Crippen molar-refractivity contribution >= 4 is 18.1 Å². The molecule has 104 valence electrons. The van der Waals surface area contributed by atoms with Crippen molar-refractivity contribution in [3.63, 3.8) is 0 Å². The number of H-pyrrole nitrogens is 1. The number of hydrogen-bond donors (Lipinski definition) is 1. The highest BCUT2D eigenvalue weighted by atomic mass is 32.1. The lowest BCUT2D eigenvalue weighted by molar-refractivity contribution is -0.135. The minimum Gasteiger partial charge on any atom is -0.341 e. The highest BCUT2D eigenvalue weighted by Gasteiger charge is 2.22. The predicted octanol–water partition coefficient (Wildman–Crippen LogP) is 2.15. The third-order valence-electron chi connectivity index (χ3n) is 3.57. The molecule has 1 fully saturated rings. The highest BCUT2D eigenvalue weighted by molar-refractivity contribution is 7.71. The molecule has 6 heteroatoms. The number of likely N-dealkylation sites (tertiary alicyclic amines) is 1. The van der Waals surface area contributed by atoms with Crippen LogP contribution in [0.25, 0.3) is 11.4 Å². The SMILES string of the molecule is Cc1ccc(-c2n[nH]c(=S)n2CC(=O)N2CCC2)cc1. The van der Waals surface area contributed by atoms with E-state index in [1.807, 2.05) is 36.1 Å². The fourth-order valence-electron chi connectivity index (χ4n) is 2.19. The maximum absolute atomic E-state index is 12.1. The van der Waals surface area contributed by atoms with Crippen molar-refractivity contribution in [1.29, 1.82) is 0 Å². The zero-order valence-electron chi connectivity index (χ0n) is 11.3. The average Bonchev–Trinajstić information content (AvgIpc) is 2.70. The van der Waals surface area contributed by atoms with Crippen LogP contribution in [0.1, 0.15) is 12.0 Å². The van der Waals surface area contributed by atoms with Crippen LogP contribution >= 0.6 is 12.2 Å². The summed E-state index contributed by atoms with van der Waals surface area (Å²) in [6.07, 6.45) is 1.09. The van der Waals surface area contributed by atoms with Gasteiger partial charge in [0, 0.05) is 18.7 Å². The van der Waals surface area contributed by atoms with Gasteiger partial charge in [-0.3, -0.25) is 14.5 Å². The van der Waals surface area contributed by atoms with Gasteiger partial charge in [0.1, 0.15) is 6.54 Å². The number of benzene rings is 1. The molecule has 0 radical (unpaired) electrons. The van der Waals surface area contributed by atoms with E-state index in [1.165, 1.54) is 5.56 Å². The average molecular weight is 288 g/mol. The first-order chi connectivity index (χ1) is 9.65. The quantitative estimate of drug-likeness (QED) is 0.881. The summed E-state index contributed by atoms with van der Waals surface area (Å²) in [5, 5.41) is 7.02. The summed E-state index contributed by atoms with van der Waals surface area (Å²) >= 11 is 5.23. The zero-order chi connectivity index (χ0) is 14.1. The Bertz CT molecular complexity index is 682. The van der Waals surface area contributed by atoms with Gasteiger partial charge in [-0.15, -0.1) is 0 Å². The molecule has 1 saturated heterocycles. The first kappa shape index (κ1) is 13.1. The van der Waals surface area contributed by atoms with Crippen LogP contribution in [-0.4, -0.2) is 38.7 Å². The molecule has 1 amide bonds. The van der Waals surface area contributed by atoms with Gasteiger partial charge in [0.05, 0.1) is 0 Å². The molecule has 0 bridgehead atoms. The van der Waals surface area contributed by atoms with Crippen molar-refractivity contribution < 1.29 is 4.79 Å². The molecule has 1 aromatic heterocycles. The summed E-state index contributed by atoms with van der Waals surface area (Å²) in [5.41, 5.74) is 2.14. The third-order valence-corrected chi connectivity index (χ3v) is 3.88. The van der Waals surface area contributed by atoms with Crippen molar-refractivity contribution in [2.45, 2.75) is 19.9 Å². The van der Waals surface area contributed by atoms with Crippen LogP contribution < -0.4 is 0 Å². The highest BCUT2D eigenvalue weighted by Crippen LogP contribution is 2.18. The van der Waals surface area contributed by atoms with Crippen molar-refractivity contribution in [1.82, 2.24) is 19.7 Å². The second-order valence-electron chi connectivity index (χ2n) is 5.04. The fourth-order valence-corrected chi connectivity index (χ4v) is 2.38. The lowest BCUT2D eigenvalue weighted by Crippen LogP contribution is -2.43. The Morgan fingerprint density at radius 2 is 2.05 bits per heavy atom. The van der Waals surface area contributed by atoms with Crippen LogP contribution in [0.4, 0.5) is 0 Å². The van der Waals surface area contributed by atoms with Gasteiger partial charge in [-0.25, -0.2) is 0 Å². The van der Waals surface area contributed by atoms with Gasteiger partial charge < -0.3 is 4.90 Å². The second kappa shape index (κ2) is 5.20. The Kier molecular flexibility index (Phi) is 3.40. The summed E-state index contributed by atoms with van der Waals surface area (Å²) in [6.45, 7) is 3.99. The van der Waals surface area contributed by atoms with Crippen molar-refractivity contribution in [2.75, 3.05) is 13.1 Å². The molecular weight excluding hydrogens is 272 g/mol. The molecule has 2 aromatic rings. The molecule has 0 atom stereocenters. The van der Waals surface area contributed by atoms with E-state index >= 15 is 0 Å². The van der Waals surface area contributed by atoms with Crippen LogP contribution in [0.5, 0.6) is 0 Å². The van der Waals surface area contributed by atoms with Gasteiger partial charge in [-0.05, 0) is 25.6 Å². The van der Waals surface area contributed by atoms with Gasteiger partial charge in [-0.2, -0.15) is 5.10 Å². The smallest absolute Gasteiger partial charge is 0.242 e. The van der Waals surface area contributed by atoms with E-state index in [0.717, 1.165) is 25.1 Å². The summed E-state index contributed by atoms with van der Waals surface area (Å²) in [6, 6.07) is 8.03. The summed E-state index contributed by atoms with van der Waals surface area (Å²) in [5.74, 6) is 0.811. The largest absolute Gasteiger partial charge is 0.341 e. The number of rotatable bonds is 3. The van der Waals surface area contributed by atoms with E-state index in [0.29, 0.717) is 10.6 Å². The van der Waals surface area contributed by atoms with Gasteiger partial charge >= 0.3 is 0 Å². The Balaban J connectivity index is 1.90. The Morgan fingerprint density at radius 1 is 1.35 bits per heavy atom. The lowest BCUT2D eigenvalue weighted by atomic mass is 10.1. The molecule has 1 aliphatic heterocycles. The number of hydrogen-bond acceptors (Lipinski definition) is 3. The number of carbonyl (C=O) groups is 1. The first-order valence-corrected chi connectivity index (χ1v) is 7.06. The minimum absolute atomic E-state index is 0.0992. The zero-order valence-corrected chi connectivity index (χ0v) is 12.1. The molecule has 0 saturated carbocycles. The van der Waals surface area contributed by atoms with E-state index in [-0.39, 0.29) is 12.5 Å². The normalized spacial score (nSPS) is 14.2. The Labute approximate surface area is 122 Å². The molecule has 1 N–H and O–H groups in total. The van der Waals surface area contributed by atoms with Gasteiger partial charge in [0.2, 0.25) is 5.91 Å². The van der Waals surface area contributed by atoms with Crippen LogP contribution in [0.3, 0.4) is 0 Å². The Morgan fingerprint density at radius 3 is 2.65 bits per heavy atom. The second-order valence-corrected chi connectivity index (χ2v) is 5.43. The number of nitrogens with one attached hydrogen (secondary N) is 1. The molecule has 2 heterocycles. The summed E-state index contributed by atoms with van der Waals surface area (Å²) in [7, 11) is 0. The van der Waals surface area contributed by atoms with Gasteiger partial charge in [-0.1, -0.05) is 29.8 Å². The summed E-state index contributed by atoms with van der Waals surface area (Å²) in [4.78, 5) is 13.9. The molecule has 1 aromatic carbocycles. The topological polar surface area (TPSA) is 53.9 Å². The van der Waals surface area contributed by atoms with E-state index in [1.54, 1.807) is 4.57 Å². The molecule has 0 spiro atoms. The monoisotopic (exact) mass is 288 g/mol. The van der Waals surface area contributed by atoms with E-state index in [2.05, 4.69) is 10.2 Å². The molecular formula is C14H16N4OS. The van der Waals surface area contributed by atoms with E-state index < -0.39 is 0 Å². The number of carbonyl (C=O) groups excluding carboxylic acids is 1. The minimum atomic E-state index is 0.0992. The number of amides is 1. The molecule has 0 aliphatic carbocycles. The number of aromatic nitrogens is 3. The molecule has 0 unspecified atom stereocenters. The molecule has 3 rings (SSSR count). The number of aromatic amines is 1. The van der Waals surface area contributed by atoms with Crippen molar-refractivity contribution in [3.05, 3.63) is 34.6 Å². The standard InChI is InChI=1S/C14H16N4OS/c1-10-3-5-11(6-4-10)13-15-16-14(20)18(13)9-12(19)17-7-2-8-17/h3-6H,2,7-9H2,1H3,(H,16,20). The molecule has 20 heavy (non-hydrogen) atoms.